The van der Waals surface area contributed by atoms with Crippen molar-refractivity contribution >= 4 is 17.3 Å². The molecule has 0 aliphatic heterocycles. The third kappa shape index (κ3) is 2.10. The summed E-state index contributed by atoms with van der Waals surface area (Å²) in [6.45, 7) is 0.0155. The third-order valence-electron chi connectivity index (χ3n) is 1.48. The first-order valence-corrected chi connectivity index (χ1v) is 3.69. The normalized spacial score (nSPS) is 9.73. The Hall–Kier alpha value is -0.730. The van der Waals surface area contributed by atoms with Gasteiger partial charge in [-0.3, -0.25) is 0 Å². The third-order valence-corrected chi connectivity index (χ3v) is 1.73. The smallest absolute Gasteiger partial charge is 0.115 e. The SMILES string of the molecule is CN(CO)c1ccc(Cl)cc1. The predicted octanol–water partition coefficient (Wildman–Crippen LogP) is 1.73. The minimum Gasteiger partial charge on any atom is -0.376 e. The fraction of sp³-hybridized carbons (Fsp3) is 0.250. The van der Waals surface area contributed by atoms with Crippen molar-refractivity contribution in [1.82, 2.24) is 0 Å². The van der Waals surface area contributed by atoms with Gasteiger partial charge in [0.25, 0.3) is 0 Å². The molecule has 0 unspecified atom stereocenters. The Morgan fingerprint density at radius 1 is 1.36 bits per heavy atom. The van der Waals surface area contributed by atoms with Gasteiger partial charge in [0.05, 0.1) is 0 Å². The highest BCUT2D eigenvalue weighted by molar-refractivity contribution is 6.30. The van der Waals surface area contributed by atoms with Gasteiger partial charge < -0.3 is 10.0 Å². The molecular weight excluding hydrogens is 162 g/mol. The van der Waals surface area contributed by atoms with Gasteiger partial charge in [0.15, 0.2) is 0 Å². The van der Waals surface area contributed by atoms with E-state index in [0.29, 0.717) is 5.02 Å². The van der Waals surface area contributed by atoms with Crippen LogP contribution in [0.3, 0.4) is 0 Å². The molecule has 0 aliphatic carbocycles. The number of hydrogen-bond acceptors (Lipinski definition) is 2. The number of benzene rings is 1. The number of halogens is 1. The minimum absolute atomic E-state index is 0.0155. The lowest BCUT2D eigenvalue weighted by Gasteiger charge is -2.14. The second-order valence-corrected chi connectivity index (χ2v) is 2.75. The van der Waals surface area contributed by atoms with Crippen LogP contribution in [-0.2, 0) is 0 Å². The van der Waals surface area contributed by atoms with Crippen LogP contribution in [0.5, 0.6) is 0 Å². The lowest BCUT2D eigenvalue weighted by molar-refractivity contribution is 0.298. The maximum atomic E-state index is 8.75. The zero-order chi connectivity index (χ0) is 8.27. The number of nitrogens with zero attached hydrogens (tertiary/aromatic N) is 1. The van der Waals surface area contributed by atoms with E-state index in [9.17, 15) is 0 Å². The quantitative estimate of drug-likeness (QED) is 0.686. The lowest BCUT2D eigenvalue weighted by atomic mass is 10.3. The van der Waals surface area contributed by atoms with Crippen molar-refractivity contribution in [2.45, 2.75) is 0 Å². The Morgan fingerprint density at radius 2 is 1.91 bits per heavy atom. The summed E-state index contributed by atoms with van der Waals surface area (Å²) in [7, 11) is 1.81. The second kappa shape index (κ2) is 3.60. The summed E-state index contributed by atoms with van der Waals surface area (Å²) in [5.41, 5.74) is 0.955. The zero-order valence-electron chi connectivity index (χ0n) is 6.29. The van der Waals surface area contributed by atoms with E-state index in [1.54, 1.807) is 17.0 Å². The number of aliphatic hydroxyl groups is 1. The molecule has 60 valence electrons. The number of anilines is 1. The predicted molar refractivity (Wildman–Crippen MR) is 46.9 cm³/mol. The van der Waals surface area contributed by atoms with Crippen LogP contribution in [0.15, 0.2) is 24.3 Å². The van der Waals surface area contributed by atoms with Crippen LogP contribution in [0.4, 0.5) is 5.69 Å². The molecule has 0 fully saturated rings. The van der Waals surface area contributed by atoms with Crippen LogP contribution in [0.25, 0.3) is 0 Å². The number of aliphatic hydroxyl groups excluding tert-OH is 1. The summed E-state index contributed by atoms with van der Waals surface area (Å²) in [6.07, 6.45) is 0. The summed E-state index contributed by atoms with van der Waals surface area (Å²) in [5, 5.41) is 9.46. The van der Waals surface area contributed by atoms with Crippen molar-refractivity contribution in [2.24, 2.45) is 0 Å². The highest BCUT2D eigenvalue weighted by atomic mass is 35.5. The summed E-state index contributed by atoms with van der Waals surface area (Å²) < 4.78 is 0. The van der Waals surface area contributed by atoms with Crippen molar-refractivity contribution in [3.05, 3.63) is 29.3 Å². The topological polar surface area (TPSA) is 23.5 Å². The van der Waals surface area contributed by atoms with Gasteiger partial charge in [-0.25, -0.2) is 0 Å². The van der Waals surface area contributed by atoms with Crippen LogP contribution >= 0.6 is 11.6 Å². The Bertz CT molecular complexity index is 222. The average molecular weight is 172 g/mol. The van der Waals surface area contributed by atoms with Crippen LogP contribution in [0.1, 0.15) is 0 Å². The second-order valence-electron chi connectivity index (χ2n) is 2.32. The molecule has 0 aromatic heterocycles. The minimum atomic E-state index is 0.0155. The molecule has 0 amide bonds. The molecule has 11 heavy (non-hydrogen) atoms. The van der Waals surface area contributed by atoms with Crippen molar-refractivity contribution in [3.63, 3.8) is 0 Å². The van der Waals surface area contributed by atoms with E-state index in [-0.39, 0.29) is 6.73 Å². The molecule has 0 bridgehead atoms. The number of rotatable bonds is 2. The highest BCUT2D eigenvalue weighted by Crippen LogP contribution is 2.15. The molecular formula is C8H10ClNO. The van der Waals surface area contributed by atoms with Gasteiger partial charge in [0.1, 0.15) is 6.73 Å². The molecule has 1 N–H and O–H groups in total. The summed E-state index contributed by atoms with van der Waals surface area (Å²) in [5.74, 6) is 0. The van der Waals surface area contributed by atoms with E-state index in [4.69, 9.17) is 16.7 Å². The molecule has 1 aromatic rings. The first-order chi connectivity index (χ1) is 5.24. The van der Waals surface area contributed by atoms with E-state index in [1.807, 2.05) is 19.2 Å². The molecule has 0 heterocycles. The van der Waals surface area contributed by atoms with E-state index in [1.165, 1.54) is 0 Å². The largest absolute Gasteiger partial charge is 0.376 e. The maximum absolute atomic E-state index is 8.75. The van der Waals surface area contributed by atoms with E-state index < -0.39 is 0 Å². The van der Waals surface area contributed by atoms with E-state index in [2.05, 4.69) is 0 Å². The molecule has 0 saturated carbocycles. The van der Waals surface area contributed by atoms with Crippen molar-refractivity contribution < 1.29 is 5.11 Å². The Labute approximate surface area is 71.0 Å². The van der Waals surface area contributed by atoms with Crippen LogP contribution in [0.2, 0.25) is 5.02 Å². The molecule has 0 radical (unpaired) electrons. The van der Waals surface area contributed by atoms with Gasteiger partial charge in [0, 0.05) is 17.8 Å². The van der Waals surface area contributed by atoms with Gasteiger partial charge in [-0.1, -0.05) is 11.6 Å². The van der Waals surface area contributed by atoms with Crippen LogP contribution in [0, 0.1) is 0 Å². The van der Waals surface area contributed by atoms with Gasteiger partial charge >= 0.3 is 0 Å². The fourth-order valence-electron chi connectivity index (χ4n) is 0.777. The van der Waals surface area contributed by atoms with Crippen molar-refractivity contribution in [2.75, 3.05) is 18.7 Å². The molecule has 1 aromatic carbocycles. The molecule has 2 nitrogen and oxygen atoms in total. The molecule has 0 spiro atoms. The standard InChI is InChI=1S/C8H10ClNO/c1-10(6-11)8-4-2-7(9)3-5-8/h2-5,11H,6H2,1H3. The van der Waals surface area contributed by atoms with E-state index >= 15 is 0 Å². The van der Waals surface area contributed by atoms with Crippen LogP contribution in [-0.4, -0.2) is 18.9 Å². The summed E-state index contributed by atoms with van der Waals surface area (Å²) in [4.78, 5) is 1.72. The summed E-state index contributed by atoms with van der Waals surface area (Å²) in [6, 6.07) is 7.31. The Morgan fingerprint density at radius 3 is 2.36 bits per heavy atom. The van der Waals surface area contributed by atoms with Crippen molar-refractivity contribution in [1.29, 1.82) is 0 Å². The van der Waals surface area contributed by atoms with Crippen LogP contribution < -0.4 is 4.90 Å². The number of hydrogen-bond donors (Lipinski definition) is 1. The van der Waals surface area contributed by atoms with Gasteiger partial charge in [0.2, 0.25) is 0 Å². The molecule has 0 atom stereocenters. The maximum Gasteiger partial charge on any atom is 0.115 e. The zero-order valence-corrected chi connectivity index (χ0v) is 7.04. The molecule has 1 rings (SSSR count). The fourth-order valence-corrected chi connectivity index (χ4v) is 0.903. The van der Waals surface area contributed by atoms with Gasteiger partial charge in [-0.15, -0.1) is 0 Å². The first-order valence-electron chi connectivity index (χ1n) is 3.31. The van der Waals surface area contributed by atoms with E-state index in [0.717, 1.165) is 5.69 Å². The summed E-state index contributed by atoms with van der Waals surface area (Å²) >= 11 is 5.68. The lowest BCUT2D eigenvalue weighted by Crippen LogP contribution is -2.17. The highest BCUT2D eigenvalue weighted by Gasteiger charge is 1.96. The molecule has 0 aliphatic rings. The molecule has 3 heteroatoms. The van der Waals surface area contributed by atoms with Crippen molar-refractivity contribution in [3.8, 4) is 0 Å². The first kappa shape index (κ1) is 8.37. The Kier molecular flexibility index (Phi) is 2.74. The molecule has 0 saturated heterocycles. The van der Waals surface area contributed by atoms with Gasteiger partial charge in [-0.2, -0.15) is 0 Å². The average Bonchev–Trinajstić information content (AvgIpc) is 2.05. The monoisotopic (exact) mass is 171 g/mol. The van der Waals surface area contributed by atoms with Gasteiger partial charge in [-0.05, 0) is 24.3 Å². The Balaban J connectivity index is 2.81.